The molecule has 0 unspecified atom stereocenters. The van der Waals surface area contributed by atoms with Crippen molar-refractivity contribution in [3.63, 3.8) is 0 Å². The number of fused-ring (bicyclic) bond motifs is 1. The molecule has 2 rings (SSSR count). The molecule has 0 fully saturated rings. The topological polar surface area (TPSA) is 95.5 Å². The Hall–Kier alpha value is -2.15. The number of thiophene rings is 1. The number of amides is 2. The molecule has 0 aliphatic heterocycles. The summed E-state index contributed by atoms with van der Waals surface area (Å²) >= 11 is 1.57. The van der Waals surface area contributed by atoms with Crippen molar-refractivity contribution in [2.75, 3.05) is 0 Å². The van der Waals surface area contributed by atoms with Gasteiger partial charge in [-0.25, -0.2) is 4.79 Å². The van der Waals surface area contributed by atoms with Crippen LogP contribution < -0.4 is 10.9 Å². The van der Waals surface area contributed by atoms with Gasteiger partial charge < -0.3 is 5.11 Å². The molecular weight excluding hydrogens is 292 g/mol. The lowest BCUT2D eigenvalue weighted by Gasteiger charge is -2.18. The molecule has 0 radical (unpaired) electrons. The maximum atomic E-state index is 12.0. The van der Waals surface area contributed by atoms with Crippen LogP contribution in [0.1, 0.15) is 34.1 Å². The summed E-state index contributed by atoms with van der Waals surface area (Å²) in [6.45, 7) is 2.19. The van der Waals surface area contributed by atoms with Crippen LogP contribution in [0, 0.1) is 5.92 Å². The lowest BCUT2D eigenvalue weighted by Crippen LogP contribution is -2.41. The average molecular weight is 308 g/mol. The van der Waals surface area contributed by atoms with Crippen molar-refractivity contribution >= 4 is 29.1 Å². The third-order valence-electron chi connectivity index (χ3n) is 3.32. The highest BCUT2D eigenvalue weighted by Crippen LogP contribution is 2.32. The number of hydrazine groups is 1. The molecule has 1 aromatic heterocycles. The standard InChI is InChI=1S/C14H16N2O4S/c1-8-2-3-9-10(7-21-11(9)6-8)14(20)16-15-12(17)4-5-13(18)19/h4-5,7-8H,2-3,6H2,1H3,(H,15,17)(H,16,20)(H,18,19)/b5-4+/t8-/m0/s1. The van der Waals surface area contributed by atoms with Gasteiger partial charge in [0.05, 0.1) is 5.56 Å². The first-order valence-corrected chi connectivity index (χ1v) is 7.46. The van der Waals surface area contributed by atoms with E-state index in [2.05, 4.69) is 17.8 Å². The summed E-state index contributed by atoms with van der Waals surface area (Å²) in [4.78, 5) is 34.8. The Morgan fingerprint density at radius 3 is 2.81 bits per heavy atom. The van der Waals surface area contributed by atoms with Crippen LogP contribution in [0.3, 0.4) is 0 Å². The lowest BCUT2D eigenvalue weighted by atomic mass is 9.88. The van der Waals surface area contributed by atoms with E-state index in [0.29, 0.717) is 17.6 Å². The van der Waals surface area contributed by atoms with Crippen LogP contribution in [0.15, 0.2) is 17.5 Å². The number of rotatable bonds is 3. The molecule has 1 atom stereocenters. The van der Waals surface area contributed by atoms with Gasteiger partial charge in [-0.2, -0.15) is 0 Å². The lowest BCUT2D eigenvalue weighted by molar-refractivity contribution is -0.131. The molecule has 112 valence electrons. The number of hydrogen-bond acceptors (Lipinski definition) is 4. The molecular formula is C14H16N2O4S. The summed E-state index contributed by atoms with van der Waals surface area (Å²) in [5.74, 6) is -1.66. The molecule has 1 aliphatic rings. The number of carboxylic acid groups (broad SMARTS) is 1. The van der Waals surface area contributed by atoms with Gasteiger partial charge in [-0.05, 0) is 30.7 Å². The van der Waals surface area contributed by atoms with Crippen molar-refractivity contribution in [1.82, 2.24) is 10.9 Å². The molecule has 1 aliphatic carbocycles. The summed E-state index contributed by atoms with van der Waals surface area (Å²) < 4.78 is 0. The monoisotopic (exact) mass is 308 g/mol. The third kappa shape index (κ3) is 3.91. The first-order valence-electron chi connectivity index (χ1n) is 6.58. The molecule has 0 aromatic carbocycles. The number of carbonyl (C=O) groups is 3. The first-order chi connectivity index (χ1) is 9.97. The molecule has 6 nitrogen and oxygen atoms in total. The van der Waals surface area contributed by atoms with Crippen LogP contribution in [0.4, 0.5) is 0 Å². The molecule has 7 heteroatoms. The molecule has 3 N–H and O–H groups in total. The zero-order valence-electron chi connectivity index (χ0n) is 11.5. The van der Waals surface area contributed by atoms with Crippen LogP contribution >= 0.6 is 11.3 Å². The second kappa shape index (κ2) is 6.53. The van der Waals surface area contributed by atoms with Gasteiger partial charge in [0.15, 0.2) is 0 Å². The minimum atomic E-state index is -1.22. The van der Waals surface area contributed by atoms with Crippen molar-refractivity contribution < 1.29 is 19.5 Å². The second-order valence-electron chi connectivity index (χ2n) is 5.01. The Morgan fingerprint density at radius 1 is 1.33 bits per heavy atom. The van der Waals surface area contributed by atoms with E-state index in [1.807, 2.05) is 0 Å². The average Bonchev–Trinajstić information content (AvgIpc) is 2.85. The Labute approximate surface area is 125 Å². The molecule has 2 amide bonds. The molecule has 0 bridgehead atoms. The van der Waals surface area contributed by atoms with E-state index in [0.717, 1.165) is 30.9 Å². The van der Waals surface area contributed by atoms with Gasteiger partial charge in [-0.3, -0.25) is 20.4 Å². The van der Waals surface area contributed by atoms with E-state index < -0.39 is 11.9 Å². The summed E-state index contributed by atoms with van der Waals surface area (Å²) in [5.41, 5.74) is 6.10. The van der Waals surface area contributed by atoms with Crippen LogP contribution in [0.5, 0.6) is 0 Å². The predicted molar refractivity (Wildman–Crippen MR) is 77.9 cm³/mol. The van der Waals surface area contributed by atoms with Crippen LogP contribution in [0.2, 0.25) is 0 Å². The normalized spacial score (nSPS) is 17.3. The number of nitrogens with one attached hydrogen (secondary N) is 2. The fraction of sp³-hybridized carbons (Fsp3) is 0.357. The van der Waals surface area contributed by atoms with Crippen molar-refractivity contribution in [3.05, 3.63) is 33.5 Å². The summed E-state index contributed by atoms with van der Waals surface area (Å²) in [6.07, 6.45) is 4.46. The van der Waals surface area contributed by atoms with E-state index >= 15 is 0 Å². The van der Waals surface area contributed by atoms with Gasteiger partial charge >= 0.3 is 5.97 Å². The number of hydrogen-bond donors (Lipinski definition) is 3. The molecule has 21 heavy (non-hydrogen) atoms. The smallest absolute Gasteiger partial charge is 0.328 e. The molecule has 1 heterocycles. The summed E-state index contributed by atoms with van der Waals surface area (Å²) in [7, 11) is 0. The van der Waals surface area contributed by atoms with Crippen LogP contribution in [-0.2, 0) is 22.4 Å². The maximum absolute atomic E-state index is 12.0. The Morgan fingerprint density at radius 2 is 2.10 bits per heavy atom. The van der Waals surface area contributed by atoms with Crippen molar-refractivity contribution in [3.8, 4) is 0 Å². The number of aliphatic carboxylic acids is 1. The fourth-order valence-electron chi connectivity index (χ4n) is 2.24. The maximum Gasteiger partial charge on any atom is 0.328 e. The van der Waals surface area contributed by atoms with E-state index in [1.165, 1.54) is 4.88 Å². The van der Waals surface area contributed by atoms with Gasteiger partial charge in [0.2, 0.25) is 0 Å². The van der Waals surface area contributed by atoms with E-state index in [4.69, 9.17) is 5.11 Å². The Bertz CT molecular complexity index is 606. The van der Waals surface area contributed by atoms with Gasteiger partial charge in [-0.15, -0.1) is 11.3 Å². The van der Waals surface area contributed by atoms with E-state index in [9.17, 15) is 14.4 Å². The van der Waals surface area contributed by atoms with Crippen molar-refractivity contribution in [2.45, 2.75) is 26.2 Å². The summed E-state index contributed by atoms with van der Waals surface area (Å²) in [6, 6.07) is 0. The Balaban J connectivity index is 1.96. The molecule has 0 saturated carbocycles. The first kappa shape index (κ1) is 15.2. The highest BCUT2D eigenvalue weighted by atomic mass is 32.1. The van der Waals surface area contributed by atoms with Gasteiger partial charge in [0.25, 0.3) is 11.8 Å². The zero-order chi connectivity index (χ0) is 15.4. The summed E-state index contributed by atoms with van der Waals surface area (Å²) in [5, 5.41) is 10.2. The number of carbonyl (C=O) groups excluding carboxylic acids is 2. The highest BCUT2D eigenvalue weighted by Gasteiger charge is 2.23. The predicted octanol–water partition coefficient (Wildman–Crippen LogP) is 1.27. The molecule has 1 aromatic rings. The van der Waals surface area contributed by atoms with Gasteiger partial charge in [0, 0.05) is 22.4 Å². The fourth-order valence-corrected chi connectivity index (χ4v) is 3.49. The minimum Gasteiger partial charge on any atom is -0.478 e. The van der Waals surface area contributed by atoms with Crippen LogP contribution in [-0.4, -0.2) is 22.9 Å². The molecule has 0 spiro atoms. The van der Waals surface area contributed by atoms with Crippen molar-refractivity contribution in [2.24, 2.45) is 5.92 Å². The van der Waals surface area contributed by atoms with E-state index in [-0.39, 0.29) is 5.91 Å². The Kier molecular flexibility index (Phi) is 4.74. The largest absolute Gasteiger partial charge is 0.478 e. The van der Waals surface area contributed by atoms with Gasteiger partial charge in [-0.1, -0.05) is 6.92 Å². The van der Waals surface area contributed by atoms with Crippen LogP contribution in [0.25, 0.3) is 0 Å². The zero-order valence-corrected chi connectivity index (χ0v) is 12.3. The molecule has 0 saturated heterocycles. The van der Waals surface area contributed by atoms with Crippen molar-refractivity contribution in [1.29, 1.82) is 0 Å². The second-order valence-corrected chi connectivity index (χ2v) is 5.98. The minimum absolute atomic E-state index is 0.376. The SMILES string of the molecule is C[C@H]1CCc2c(C(=O)NNC(=O)/C=C/C(=O)O)csc2C1. The van der Waals surface area contributed by atoms with E-state index in [1.54, 1.807) is 16.7 Å². The third-order valence-corrected chi connectivity index (χ3v) is 4.37. The quantitative estimate of drug-likeness (QED) is 0.579. The highest BCUT2D eigenvalue weighted by molar-refractivity contribution is 7.10. The number of carboxylic acids is 1. The van der Waals surface area contributed by atoms with Gasteiger partial charge in [0.1, 0.15) is 0 Å².